The summed E-state index contributed by atoms with van der Waals surface area (Å²) in [6.07, 6.45) is 6.68. The lowest BCUT2D eigenvalue weighted by molar-refractivity contribution is -0.125. The van der Waals surface area contributed by atoms with Gasteiger partial charge in [-0.2, -0.15) is 0 Å². The summed E-state index contributed by atoms with van der Waals surface area (Å²) in [5.74, 6) is -0.891. The molecule has 0 atom stereocenters. The predicted molar refractivity (Wildman–Crippen MR) is 85.8 cm³/mol. The molecule has 0 radical (unpaired) electrons. The van der Waals surface area contributed by atoms with Crippen LogP contribution < -0.4 is 11.1 Å². The van der Waals surface area contributed by atoms with Crippen LogP contribution in [0, 0.1) is 0 Å². The number of ether oxygens (including phenoxy) is 1. The van der Waals surface area contributed by atoms with Gasteiger partial charge >= 0.3 is 5.97 Å². The van der Waals surface area contributed by atoms with Crippen LogP contribution in [0.25, 0.3) is 0 Å². The van der Waals surface area contributed by atoms with Gasteiger partial charge in [0.1, 0.15) is 0 Å². The number of carbonyl (C=O) groups excluding carboxylic acids is 2. The molecule has 1 saturated carbocycles. The van der Waals surface area contributed by atoms with Gasteiger partial charge in [0, 0.05) is 16.8 Å². The molecule has 120 valence electrons. The molecule has 1 aromatic rings. The van der Waals surface area contributed by atoms with Crippen LogP contribution in [0.2, 0.25) is 5.02 Å². The first-order valence-electron chi connectivity index (χ1n) is 7.58. The van der Waals surface area contributed by atoms with E-state index in [1.54, 1.807) is 6.07 Å². The number of rotatable bonds is 4. The number of benzene rings is 1. The van der Waals surface area contributed by atoms with E-state index in [2.05, 4.69) is 5.32 Å². The second kappa shape index (κ2) is 8.03. The third kappa shape index (κ3) is 4.91. The topological polar surface area (TPSA) is 81.4 Å². The predicted octanol–water partition coefficient (Wildman–Crippen LogP) is 2.92. The van der Waals surface area contributed by atoms with E-state index in [0.717, 1.165) is 25.7 Å². The van der Waals surface area contributed by atoms with Gasteiger partial charge in [-0.1, -0.05) is 37.3 Å². The van der Waals surface area contributed by atoms with Crippen molar-refractivity contribution in [2.24, 2.45) is 0 Å². The summed E-state index contributed by atoms with van der Waals surface area (Å²) < 4.78 is 5.01. The molecule has 0 aromatic heterocycles. The standard InChI is InChI=1S/C16H21ClN2O3/c17-11-7-8-13(14(18)9-11)16(21)22-10-15(20)19-12-5-3-1-2-4-6-12/h7-9,12H,1-6,10,18H2,(H,19,20). The second-order valence-electron chi connectivity index (χ2n) is 5.56. The van der Waals surface area contributed by atoms with E-state index < -0.39 is 5.97 Å². The maximum absolute atomic E-state index is 11.9. The molecular weight excluding hydrogens is 304 g/mol. The Hall–Kier alpha value is -1.75. The SMILES string of the molecule is Nc1cc(Cl)ccc1C(=O)OCC(=O)NC1CCCCCC1. The Morgan fingerprint density at radius 2 is 1.91 bits per heavy atom. The summed E-state index contributed by atoms with van der Waals surface area (Å²) in [5.41, 5.74) is 6.16. The highest BCUT2D eigenvalue weighted by Crippen LogP contribution is 2.19. The maximum atomic E-state index is 11.9. The van der Waals surface area contributed by atoms with E-state index in [1.165, 1.54) is 25.0 Å². The average Bonchev–Trinajstić information content (AvgIpc) is 2.73. The van der Waals surface area contributed by atoms with Crippen molar-refractivity contribution in [1.82, 2.24) is 5.32 Å². The summed E-state index contributed by atoms with van der Waals surface area (Å²) in [5, 5.41) is 3.37. The molecule has 6 heteroatoms. The Morgan fingerprint density at radius 1 is 1.23 bits per heavy atom. The molecular formula is C16H21ClN2O3. The van der Waals surface area contributed by atoms with E-state index in [-0.39, 0.29) is 29.8 Å². The summed E-state index contributed by atoms with van der Waals surface area (Å²) in [4.78, 5) is 23.8. The summed E-state index contributed by atoms with van der Waals surface area (Å²) in [6.45, 7) is -0.294. The molecule has 1 fully saturated rings. The molecule has 1 amide bonds. The minimum absolute atomic E-state index is 0.189. The zero-order valence-electron chi connectivity index (χ0n) is 12.4. The zero-order chi connectivity index (χ0) is 15.9. The number of hydrogen-bond donors (Lipinski definition) is 2. The first kappa shape index (κ1) is 16.6. The molecule has 2 rings (SSSR count). The number of nitrogens with one attached hydrogen (secondary N) is 1. The molecule has 22 heavy (non-hydrogen) atoms. The van der Waals surface area contributed by atoms with Crippen LogP contribution in [0.15, 0.2) is 18.2 Å². The second-order valence-corrected chi connectivity index (χ2v) is 6.00. The maximum Gasteiger partial charge on any atom is 0.340 e. The van der Waals surface area contributed by atoms with Crippen LogP contribution in [0.5, 0.6) is 0 Å². The first-order chi connectivity index (χ1) is 10.6. The smallest absolute Gasteiger partial charge is 0.340 e. The number of nitrogen functional groups attached to an aromatic ring is 1. The highest BCUT2D eigenvalue weighted by atomic mass is 35.5. The number of hydrogen-bond acceptors (Lipinski definition) is 4. The van der Waals surface area contributed by atoms with Gasteiger partial charge < -0.3 is 15.8 Å². The average molecular weight is 325 g/mol. The molecule has 0 bridgehead atoms. The van der Waals surface area contributed by atoms with E-state index >= 15 is 0 Å². The molecule has 5 nitrogen and oxygen atoms in total. The van der Waals surface area contributed by atoms with Gasteiger partial charge in [-0.15, -0.1) is 0 Å². The molecule has 0 unspecified atom stereocenters. The molecule has 0 saturated heterocycles. The molecule has 1 aliphatic carbocycles. The Kier molecular flexibility index (Phi) is 6.07. The van der Waals surface area contributed by atoms with Gasteiger partial charge in [0.05, 0.1) is 5.56 Å². The molecule has 0 spiro atoms. The van der Waals surface area contributed by atoms with Crippen LogP contribution in [-0.4, -0.2) is 24.5 Å². The normalized spacial score (nSPS) is 15.9. The van der Waals surface area contributed by atoms with Crippen LogP contribution in [0.4, 0.5) is 5.69 Å². The molecule has 0 aliphatic heterocycles. The van der Waals surface area contributed by atoms with Crippen molar-refractivity contribution < 1.29 is 14.3 Å². The van der Waals surface area contributed by atoms with Gasteiger partial charge in [-0.25, -0.2) is 4.79 Å². The van der Waals surface area contributed by atoms with Crippen LogP contribution in [0.3, 0.4) is 0 Å². The summed E-state index contributed by atoms with van der Waals surface area (Å²) in [6, 6.07) is 4.71. The Labute approximate surface area is 135 Å². The molecule has 0 heterocycles. The number of anilines is 1. The number of esters is 1. The van der Waals surface area contributed by atoms with Crippen LogP contribution in [0.1, 0.15) is 48.9 Å². The van der Waals surface area contributed by atoms with Gasteiger partial charge in [-0.3, -0.25) is 4.79 Å². The van der Waals surface area contributed by atoms with Gasteiger partial charge in [-0.05, 0) is 31.0 Å². The largest absolute Gasteiger partial charge is 0.452 e. The Balaban J connectivity index is 1.81. The summed E-state index contributed by atoms with van der Waals surface area (Å²) in [7, 11) is 0. The van der Waals surface area contributed by atoms with E-state index in [0.29, 0.717) is 5.02 Å². The number of nitrogens with two attached hydrogens (primary N) is 1. The quantitative estimate of drug-likeness (QED) is 0.507. The number of carbonyl (C=O) groups is 2. The van der Waals surface area contributed by atoms with Crippen molar-refractivity contribution in [3.8, 4) is 0 Å². The van der Waals surface area contributed by atoms with E-state index in [9.17, 15) is 9.59 Å². The molecule has 1 aliphatic rings. The molecule has 1 aromatic carbocycles. The van der Waals surface area contributed by atoms with Crippen LogP contribution in [-0.2, 0) is 9.53 Å². The van der Waals surface area contributed by atoms with E-state index in [4.69, 9.17) is 22.1 Å². The van der Waals surface area contributed by atoms with Gasteiger partial charge in [0.2, 0.25) is 0 Å². The molecule has 3 N–H and O–H groups in total. The Bertz CT molecular complexity index is 540. The fraction of sp³-hybridized carbons (Fsp3) is 0.500. The van der Waals surface area contributed by atoms with Crippen molar-refractivity contribution in [2.75, 3.05) is 12.3 Å². The van der Waals surface area contributed by atoms with Crippen LogP contribution >= 0.6 is 11.6 Å². The lowest BCUT2D eigenvalue weighted by Crippen LogP contribution is -2.37. The van der Waals surface area contributed by atoms with Crippen molar-refractivity contribution >= 4 is 29.2 Å². The minimum atomic E-state index is -0.620. The third-order valence-corrected chi connectivity index (χ3v) is 4.02. The summed E-state index contributed by atoms with van der Waals surface area (Å²) >= 11 is 5.77. The minimum Gasteiger partial charge on any atom is -0.452 e. The lowest BCUT2D eigenvalue weighted by Gasteiger charge is -2.16. The fourth-order valence-corrected chi connectivity index (χ4v) is 2.80. The number of halogens is 1. The third-order valence-electron chi connectivity index (χ3n) is 3.79. The highest BCUT2D eigenvalue weighted by Gasteiger charge is 2.17. The zero-order valence-corrected chi connectivity index (χ0v) is 13.2. The Morgan fingerprint density at radius 3 is 2.55 bits per heavy atom. The monoisotopic (exact) mass is 324 g/mol. The van der Waals surface area contributed by atoms with E-state index in [1.807, 2.05) is 0 Å². The van der Waals surface area contributed by atoms with Crippen molar-refractivity contribution in [3.63, 3.8) is 0 Å². The lowest BCUT2D eigenvalue weighted by atomic mass is 10.1. The highest BCUT2D eigenvalue weighted by molar-refractivity contribution is 6.31. The van der Waals surface area contributed by atoms with Gasteiger partial charge in [0.15, 0.2) is 6.61 Å². The van der Waals surface area contributed by atoms with Gasteiger partial charge in [0.25, 0.3) is 5.91 Å². The first-order valence-corrected chi connectivity index (χ1v) is 7.95. The van der Waals surface area contributed by atoms with Crippen molar-refractivity contribution in [3.05, 3.63) is 28.8 Å². The van der Waals surface area contributed by atoms with Crippen molar-refractivity contribution in [2.45, 2.75) is 44.6 Å². The number of amides is 1. The fourth-order valence-electron chi connectivity index (χ4n) is 2.62. The van der Waals surface area contributed by atoms with Crippen molar-refractivity contribution in [1.29, 1.82) is 0 Å².